The first-order valence-electron chi connectivity index (χ1n) is 19.8. The summed E-state index contributed by atoms with van der Waals surface area (Å²) in [5.74, 6) is -8.36. The molecule has 0 saturated carbocycles. The highest BCUT2D eigenvalue weighted by Gasteiger charge is 2.39. The zero-order chi connectivity index (χ0) is 57.2. The normalized spacial score (nSPS) is 15.2. The molecule has 0 radical (unpaired) electrons. The van der Waals surface area contributed by atoms with Crippen molar-refractivity contribution in [2.75, 3.05) is 24.6 Å². The number of benzene rings is 2. The molecule has 0 bridgehead atoms. The van der Waals surface area contributed by atoms with Gasteiger partial charge in [-0.1, -0.05) is 46.7 Å². The van der Waals surface area contributed by atoms with Crippen LogP contribution < -0.4 is 22.5 Å². The van der Waals surface area contributed by atoms with E-state index in [0.29, 0.717) is 6.07 Å². The lowest BCUT2D eigenvalue weighted by molar-refractivity contribution is -0.192. The van der Waals surface area contributed by atoms with Crippen molar-refractivity contribution < 1.29 is 87.2 Å². The molecule has 4 aromatic rings. The van der Waals surface area contributed by atoms with Crippen molar-refractivity contribution in [3.63, 3.8) is 0 Å². The minimum atomic E-state index is -5.08. The van der Waals surface area contributed by atoms with E-state index in [-0.39, 0.29) is 73.7 Å². The van der Waals surface area contributed by atoms with Crippen molar-refractivity contribution in [2.24, 2.45) is 24.1 Å². The molecule has 0 atom stereocenters. The smallest absolute Gasteiger partial charge is 0.480 e. The number of rotatable bonds is 8. The Balaban J connectivity index is 0.000000289. The highest BCUT2D eigenvalue weighted by atomic mass is 35.5. The summed E-state index contributed by atoms with van der Waals surface area (Å²) >= 11 is 13.8. The number of thioether (sulfide) groups is 2. The number of hydrogen-bond donors (Lipinski definition) is 2. The van der Waals surface area contributed by atoms with Crippen LogP contribution in [0.15, 0.2) is 65.6 Å². The first-order valence-corrected chi connectivity index (χ1v) is 22.5. The van der Waals surface area contributed by atoms with Gasteiger partial charge in [-0.15, -0.1) is 0 Å². The summed E-state index contributed by atoms with van der Waals surface area (Å²) in [7, 11) is 1.55. The maximum Gasteiger partial charge on any atom is 0.490 e. The van der Waals surface area contributed by atoms with Gasteiger partial charge in [0.25, 0.3) is 11.1 Å². The van der Waals surface area contributed by atoms with Gasteiger partial charge in [0.2, 0.25) is 11.8 Å². The van der Waals surface area contributed by atoms with Gasteiger partial charge in [0.15, 0.2) is 10.3 Å². The Hall–Kier alpha value is -7.00. The summed E-state index contributed by atoms with van der Waals surface area (Å²) in [6.07, 6.45) is -15.1. The lowest BCUT2D eigenvalue weighted by Crippen LogP contribution is -2.41. The number of carboxylic acids is 2. The Morgan fingerprint density at radius 3 is 1.28 bits per heavy atom. The van der Waals surface area contributed by atoms with E-state index >= 15 is 0 Å². The van der Waals surface area contributed by atoms with E-state index in [9.17, 15) is 86.7 Å². The fraction of sp³-hybridized carbons (Fsp3) is 0.325. The molecular formula is C40H31Cl2F11N8O12S2. The number of alkyl halides is 9. The number of aromatic nitrogens is 4. The van der Waals surface area contributed by atoms with Crippen LogP contribution in [0.2, 0.25) is 10.0 Å². The van der Waals surface area contributed by atoms with E-state index in [1.807, 2.05) is 0 Å². The third-order valence-electron chi connectivity index (χ3n) is 9.12. The van der Waals surface area contributed by atoms with Crippen LogP contribution in [0.3, 0.4) is 0 Å². The third kappa shape index (κ3) is 14.9. The molecule has 406 valence electrons. The summed E-state index contributed by atoms with van der Waals surface area (Å²) in [4.78, 5) is 116. The Bertz CT molecular complexity index is 3310. The minimum Gasteiger partial charge on any atom is -0.480 e. The number of carboxylic acid groups (broad SMARTS) is 2. The molecule has 2 aromatic heterocycles. The van der Waals surface area contributed by atoms with Gasteiger partial charge in [0.1, 0.15) is 41.7 Å². The lowest BCUT2D eigenvalue weighted by Gasteiger charge is -2.22. The van der Waals surface area contributed by atoms with Crippen LogP contribution >= 0.6 is 46.7 Å². The lowest BCUT2D eigenvalue weighted by atomic mass is 10.2. The number of nitrogens with zero attached hydrogens (tertiary/aromatic N) is 8. The van der Waals surface area contributed by atoms with Gasteiger partial charge in [-0.25, -0.2) is 42.3 Å². The molecule has 2 amide bonds. The number of aliphatic carboxylic acids is 2. The minimum absolute atomic E-state index is 0.0120. The predicted molar refractivity (Wildman–Crippen MR) is 244 cm³/mol. The molecule has 6 rings (SSSR count). The molecule has 75 heavy (non-hydrogen) atoms. The summed E-state index contributed by atoms with van der Waals surface area (Å²) in [6, 6.07) is 3.43. The van der Waals surface area contributed by atoms with Crippen molar-refractivity contribution in [2.45, 2.75) is 44.9 Å². The second kappa shape index (κ2) is 22.9. The zero-order valence-corrected chi connectivity index (χ0v) is 41.2. The molecule has 2 saturated heterocycles. The van der Waals surface area contributed by atoms with Crippen molar-refractivity contribution in [3.05, 3.63) is 111 Å². The van der Waals surface area contributed by atoms with Crippen LogP contribution in [0, 0.1) is 11.6 Å². The molecule has 0 spiro atoms. The molecule has 2 aromatic carbocycles. The topological polar surface area (TPSA) is 254 Å². The Morgan fingerprint density at radius 1 is 0.627 bits per heavy atom. The largest absolute Gasteiger partial charge is 0.490 e. The van der Waals surface area contributed by atoms with Crippen LogP contribution in [-0.2, 0) is 55.2 Å². The number of carbonyl (C=O) groups excluding carboxylic acids is 3. The molecule has 2 aliphatic heterocycles. The first-order chi connectivity index (χ1) is 34.2. The number of amidine groups is 2. The van der Waals surface area contributed by atoms with E-state index in [4.69, 9.17) is 42.9 Å². The van der Waals surface area contributed by atoms with Crippen LogP contribution in [0.25, 0.3) is 11.4 Å². The average Bonchev–Trinajstić information content (AvgIpc) is 3.77. The van der Waals surface area contributed by atoms with Crippen molar-refractivity contribution in [1.82, 2.24) is 28.1 Å². The number of amides is 2. The molecule has 35 heteroatoms. The fourth-order valence-electron chi connectivity index (χ4n) is 5.92. The van der Waals surface area contributed by atoms with Crippen molar-refractivity contribution in [1.29, 1.82) is 0 Å². The number of esters is 1. The van der Waals surface area contributed by atoms with Crippen LogP contribution in [0.4, 0.5) is 59.7 Å². The van der Waals surface area contributed by atoms with Gasteiger partial charge in [-0.2, -0.15) is 39.5 Å². The standard InChI is InChI=1S/C21H19ClF4N4O5S.C17H11ClF4N4O5S.C2HF3O2/c1-20(2,3)35-17(33)8-29-16(32)9-36-18(29)27-12-6-13(11(23)5-10(12)22)30-15(31)7-14(21(24,25)26)28(4)19(30)34;1-24-11(17(20,21)22)4-12(27)26(16(24)31)10-3-9(7(18)2-8(10)19)23-15-25(5-14(29)30)13(28)6-32-15;3-2(4,5)1(6)7/h5-7H,8-9H2,1-4H3;2-4H,5-6H2,1H3,(H,29,30);(H,6,7). The molecule has 0 aliphatic carbocycles. The van der Waals surface area contributed by atoms with Gasteiger partial charge < -0.3 is 14.9 Å². The van der Waals surface area contributed by atoms with Crippen molar-refractivity contribution in [3.8, 4) is 11.4 Å². The molecule has 2 fully saturated rings. The second-order valence-electron chi connectivity index (χ2n) is 15.7. The van der Waals surface area contributed by atoms with E-state index in [1.165, 1.54) is 0 Å². The SMILES string of the molecule is Cn1c(C(F)(F)F)cc(=O)n(-c2cc(N=C3SCC(=O)N3CC(=O)O)c(Cl)cc2F)c1=O.Cn1c(C(F)(F)F)cc(=O)n(-c2cc(N=C3SCC(=O)N3CC(=O)OC(C)(C)C)c(Cl)cc2F)c1=O.O=C(O)C(F)(F)F. The molecule has 4 heterocycles. The monoisotopic (exact) mass is 1160 g/mol. The van der Waals surface area contributed by atoms with Crippen LogP contribution in [0.1, 0.15) is 32.2 Å². The number of aliphatic imine (C=N–C) groups is 2. The highest BCUT2D eigenvalue weighted by Crippen LogP contribution is 2.35. The Kier molecular flexibility index (Phi) is 18.5. The van der Waals surface area contributed by atoms with Crippen molar-refractivity contribution >= 4 is 98.2 Å². The molecule has 2 N–H and O–H groups in total. The maximum atomic E-state index is 14.7. The summed E-state index contributed by atoms with van der Waals surface area (Å²) < 4.78 is 145. The molecule has 2 aliphatic rings. The number of ether oxygens (including phenoxy) is 1. The number of halogens is 13. The molecule has 0 unspecified atom stereocenters. The van der Waals surface area contributed by atoms with E-state index in [2.05, 4.69) is 9.98 Å². The highest BCUT2D eigenvalue weighted by molar-refractivity contribution is 8.15. The second-order valence-corrected chi connectivity index (χ2v) is 18.4. The average molecular weight is 1160 g/mol. The van der Waals surface area contributed by atoms with Crippen LogP contribution in [0.5, 0.6) is 0 Å². The first kappa shape index (κ1) is 60.6. The Morgan fingerprint density at radius 2 is 0.973 bits per heavy atom. The third-order valence-corrected chi connectivity index (χ3v) is 11.7. The summed E-state index contributed by atoms with van der Waals surface area (Å²) in [6.45, 7) is 3.77. The van der Waals surface area contributed by atoms with Gasteiger partial charge in [-0.05, 0) is 45.0 Å². The number of carbonyl (C=O) groups is 5. The van der Waals surface area contributed by atoms with E-state index in [0.717, 1.165) is 65.6 Å². The maximum absolute atomic E-state index is 14.7. The molecular weight excluding hydrogens is 1130 g/mol. The van der Waals surface area contributed by atoms with Crippen LogP contribution in [-0.4, -0.2) is 115 Å². The Labute approximate surface area is 428 Å². The van der Waals surface area contributed by atoms with Gasteiger partial charge in [0, 0.05) is 26.2 Å². The quantitative estimate of drug-likeness (QED) is 0.154. The predicted octanol–water partition coefficient (Wildman–Crippen LogP) is 5.88. The zero-order valence-electron chi connectivity index (χ0n) is 38.1. The van der Waals surface area contributed by atoms with E-state index < -0.39 is 124 Å². The van der Waals surface area contributed by atoms with Gasteiger partial charge >= 0.3 is 47.8 Å². The van der Waals surface area contributed by atoms with Gasteiger partial charge in [0.05, 0.1) is 44.3 Å². The van der Waals surface area contributed by atoms with E-state index in [1.54, 1.807) is 20.8 Å². The molecule has 20 nitrogen and oxygen atoms in total. The van der Waals surface area contributed by atoms with Gasteiger partial charge in [-0.3, -0.25) is 47.7 Å². The number of hydrogen-bond acceptors (Lipinski definition) is 14. The summed E-state index contributed by atoms with van der Waals surface area (Å²) in [5, 5.41) is 15.4. The fourth-order valence-corrected chi connectivity index (χ4v) is 8.10. The summed E-state index contributed by atoms with van der Waals surface area (Å²) in [5.41, 5.74) is -11.5.